The van der Waals surface area contributed by atoms with Crippen LogP contribution in [0.4, 0.5) is 0 Å². The number of hydrogen-bond donors (Lipinski definition) is 2. The van der Waals surface area contributed by atoms with E-state index in [0.29, 0.717) is 38.1 Å². The first kappa shape index (κ1) is 25.0. The van der Waals surface area contributed by atoms with Gasteiger partial charge in [-0.25, -0.2) is 13.1 Å². The first-order chi connectivity index (χ1) is 12.9. The van der Waals surface area contributed by atoms with E-state index in [9.17, 15) is 8.42 Å². The fourth-order valence-electron chi connectivity index (χ4n) is 2.74. The summed E-state index contributed by atoms with van der Waals surface area (Å²) in [5.41, 5.74) is 1.20. The lowest BCUT2D eigenvalue weighted by Crippen LogP contribution is -2.44. The Morgan fingerprint density at radius 3 is 2.54 bits per heavy atom. The number of nitrogens with zero attached hydrogens (tertiary/aromatic N) is 2. The minimum Gasteiger partial charge on any atom is -0.492 e. The molecule has 160 valence electrons. The summed E-state index contributed by atoms with van der Waals surface area (Å²) in [6.45, 7) is 4.07. The quantitative estimate of drug-likeness (QED) is 0.279. The summed E-state index contributed by atoms with van der Waals surface area (Å²) in [6.07, 6.45) is 3.47. The summed E-state index contributed by atoms with van der Waals surface area (Å²) in [4.78, 5) is 6.12. The van der Waals surface area contributed by atoms with Crippen molar-refractivity contribution in [3.8, 4) is 5.75 Å². The van der Waals surface area contributed by atoms with E-state index < -0.39 is 10.0 Å². The number of ether oxygens (including phenoxy) is 1. The van der Waals surface area contributed by atoms with Gasteiger partial charge in [-0.2, -0.15) is 0 Å². The van der Waals surface area contributed by atoms with Crippen molar-refractivity contribution in [2.75, 3.05) is 46.1 Å². The van der Waals surface area contributed by atoms with Crippen LogP contribution >= 0.6 is 24.0 Å². The van der Waals surface area contributed by atoms with E-state index >= 15 is 0 Å². The van der Waals surface area contributed by atoms with E-state index in [1.54, 1.807) is 7.05 Å². The predicted molar refractivity (Wildman–Crippen MR) is 125 cm³/mol. The van der Waals surface area contributed by atoms with E-state index in [1.807, 2.05) is 43.1 Å². The van der Waals surface area contributed by atoms with Crippen molar-refractivity contribution in [3.63, 3.8) is 0 Å². The predicted octanol–water partition coefficient (Wildman–Crippen LogP) is 2.22. The topological polar surface area (TPSA) is 83.0 Å². The second-order valence-corrected chi connectivity index (χ2v) is 8.95. The lowest BCUT2D eigenvalue weighted by atomic mass is 9.86. The van der Waals surface area contributed by atoms with Gasteiger partial charge in [-0.15, -0.1) is 24.0 Å². The van der Waals surface area contributed by atoms with Crippen molar-refractivity contribution in [1.82, 2.24) is 14.9 Å². The Morgan fingerprint density at radius 2 is 1.96 bits per heavy atom. The van der Waals surface area contributed by atoms with Crippen molar-refractivity contribution in [1.29, 1.82) is 0 Å². The molecule has 0 radical (unpaired) electrons. The van der Waals surface area contributed by atoms with Crippen LogP contribution < -0.4 is 14.8 Å². The minimum atomic E-state index is -3.25. The summed E-state index contributed by atoms with van der Waals surface area (Å²) in [6, 6.07) is 7.92. The van der Waals surface area contributed by atoms with Gasteiger partial charge in [-0.3, -0.25) is 4.99 Å². The van der Waals surface area contributed by atoms with Crippen LogP contribution in [0, 0.1) is 12.8 Å². The molecule has 1 aromatic carbocycles. The Balaban J connectivity index is 0.00000392. The standard InChI is InChI=1S/C19H32N4O3S.HI/c1-16-7-9-18(10-8-16)26-13-12-23(3)19(20-2)21-11-14-27(24,25)22-15-17-5-4-6-17;/h7-10,17,22H,4-6,11-15H2,1-3H3,(H,20,21);1H. The molecule has 0 aliphatic heterocycles. The molecule has 0 unspecified atom stereocenters. The van der Waals surface area contributed by atoms with Gasteiger partial charge in [-0.05, 0) is 37.8 Å². The summed E-state index contributed by atoms with van der Waals surface area (Å²) < 4.78 is 32.5. The van der Waals surface area contributed by atoms with E-state index in [4.69, 9.17) is 4.74 Å². The number of halogens is 1. The molecule has 0 heterocycles. The van der Waals surface area contributed by atoms with Gasteiger partial charge in [0.15, 0.2) is 5.96 Å². The Bertz CT molecular complexity index is 706. The fourth-order valence-corrected chi connectivity index (χ4v) is 3.74. The molecule has 1 aliphatic rings. The number of nitrogens with one attached hydrogen (secondary N) is 2. The van der Waals surface area contributed by atoms with Crippen LogP contribution in [0.3, 0.4) is 0 Å². The lowest BCUT2D eigenvalue weighted by molar-refractivity contribution is 0.281. The van der Waals surface area contributed by atoms with E-state index in [0.717, 1.165) is 18.6 Å². The largest absolute Gasteiger partial charge is 0.492 e. The van der Waals surface area contributed by atoms with Crippen molar-refractivity contribution < 1.29 is 13.2 Å². The summed E-state index contributed by atoms with van der Waals surface area (Å²) in [7, 11) is 0.334. The summed E-state index contributed by atoms with van der Waals surface area (Å²) in [5, 5.41) is 3.10. The van der Waals surface area contributed by atoms with Crippen LogP contribution in [-0.4, -0.2) is 65.4 Å². The maximum absolute atomic E-state index is 12.0. The molecule has 1 fully saturated rings. The molecule has 0 atom stereocenters. The van der Waals surface area contributed by atoms with Gasteiger partial charge in [0, 0.05) is 27.2 Å². The summed E-state index contributed by atoms with van der Waals surface area (Å²) >= 11 is 0. The van der Waals surface area contributed by atoms with Gasteiger partial charge in [0.2, 0.25) is 10.0 Å². The van der Waals surface area contributed by atoms with Gasteiger partial charge < -0.3 is 15.0 Å². The number of likely N-dealkylation sites (N-methyl/N-ethyl adjacent to an activating group) is 1. The van der Waals surface area contributed by atoms with E-state index in [-0.39, 0.29) is 29.7 Å². The number of hydrogen-bond acceptors (Lipinski definition) is 4. The number of sulfonamides is 1. The fraction of sp³-hybridized carbons (Fsp3) is 0.632. The number of benzene rings is 1. The molecular weight excluding hydrogens is 491 g/mol. The van der Waals surface area contributed by atoms with Crippen molar-refractivity contribution in [2.24, 2.45) is 10.9 Å². The second kappa shape index (κ2) is 12.5. The van der Waals surface area contributed by atoms with Crippen LogP contribution in [0.5, 0.6) is 5.75 Å². The zero-order chi connectivity index (χ0) is 19.7. The minimum absolute atomic E-state index is 0. The normalized spacial score (nSPS) is 14.8. The third-order valence-electron chi connectivity index (χ3n) is 4.76. The van der Waals surface area contributed by atoms with E-state index in [1.165, 1.54) is 12.0 Å². The number of rotatable bonds is 10. The SMILES string of the molecule is CN=C(NCCS(=O)(=O)NCC1CCC1)N(C)CCOc1ccc(C)cc1.I. The molecule has 28 heavy (non-hydrogen) atoms. The third-order valence-corrected chi connectivity index (χ3v) is 6.11. The lowest BCUT2D eigenvalue weighted by Gasteiger charge is -2.25. The Morgan fingerprint density at radius 1 is 1.29 bits per heavy atom. The smallest absolute Gasteiger partial charge is 0.213 e. The van der Waals surface area contributed by atoms with Gasteiger partial charge in [0.1, 0.15) is 12.4 Å². The van der Waals surface area contributed by atoms with Crippen molar-refractivity contribution in [2.45, 2.75) is 26.2 Å². The highest BCUT2D eigenvalue weighted by molar-refractivity contribution is 14.0. The zero-order valence-corrected chi connectivity index (χ0v) is 20.1. The Labute approximate surface area is 186 Å². The molecule has 7 nitrogen and oxygen atoms in total. The highest BCUT2D eigenvalue weighted by Crippen LogP contribution is 2.25. The second-order valence-electron chi connectivity index (χ2n) is 7.02. The first-order valence-electron chi connectivity index (χ1n) is 9.48. The molecule has 0 saturated heterocycles. The van der Waals surface area contributed by atoms with Gasteiger partial charge in [0.05, 0.1) is 12.3 Å². The van der Waals surface area contributed by atoms with Crippen LogP contribution in [0.2, 0.25) is 0 Å². The highest BCUT2D eigenvalue weighted by Gasteiger charge is 2.20. The van der Waals surface area contributed by atoms with Crippen LogP contribution in [0.25, 0.3) is 0 Å². The zero-order valence-electron chi connectivity index (χ0n) is 17.0. The molecule has 2 N–H and O–H groups in total. The number of aliphatic imine (C=N–C) groups is 1. The average Bonchev–Trinajstić information content (AvgIpc) is 2.59. The molecule has 1 aliphatic carbocycles. The molecule has 1 aromatic rings. The molecule has 2 rings (SSSR count). The number of guanidine groups is 1. The number of aryl methyl sites for hydroxylation is 1. The van der Waals surface area contributed by atoms with Gasteiger partial charge in [-0.1, -0.05) is 24.1 Å². The first-order valence-corrected chi connectivity index (χ1v) is 11.1. The molecule has 1 saturated carbocycles. The highest BCUT2D eigenvalue weighted by atomic mass is 127. The summed E-state index contributed by atoms with van der Waals surface area (Å²) in [5.74, 6) is 2.03. The van der Waals surface area contributed by atoms with Gasteiger partial charge in [0.25, 0.3) is 0 Å². The van der Waals surface area contributed by atoms with Crippen molar-refractivity contribution in [3.05, 3.63) is 29.8 Å². The average molecular weight is 524 g/mol. The monoisotopic (exact) mass is 524 g/mol. The van der Waals surface area contributed by atoms with Crippen LogP contribution in [-0.2, 0) is 10.0 Å². The van der Waals surface area contributed by atoms with Crippen molar-refractivity contribution >= 4 is 40.0 Å². The molecule has 0 bridgehead atoms. The third kappa shape index (κ3) is 8.95. The molecular formula is C19H33IN4O3S. The maximum atomic E-state index is 12.0. The Kier molecular flexibility index (Phi) is 11.1. The Hall–Kier alpha value is -1.07. The van der Waals surface area contributed by atoms with Gasteiger partial charge >= 0.3 is 0 Å². The maximum Gasteiger partial charge on any atom is 0.213 e. The molecule has 0 amide bonds. The molecule has 0 aromatic heterocycles. The van der Waals surface area contributed by atoms with Crippen LogP contribution in [0.1, 0.15) is 24.8 Å². The molecule has 9 heteroatoms. The van der Waals surface area contributed by atoms with E-state index in [2.05, 4.69) is 15.0 Å². The molecule has 0 spiro atoms. The van der Waals surface area contributed by atoms with Crippen LogP contribution in [0.15, 0.2) is 29.3 Å².